The molecule has 2 nitrogen and oxygen atoms in total. The Morgan fingerprint density at radius 1 is 1.62 bits per heavy atom. The highest BCUT2D eigenvalue weighted by molar-refractivity contribution is 7.10. The Hall–Kier alpha value is -0.970. The van der Waals surface area contributed by atoms with Crippen LogP contribution in [0.15, 0.2) is 11.4 Å². The van der Waals surface area contributed by atoms with Crippen molar-refractivity contribution < 1.29 is 18.7 Å². The van der Waals surface area contributed by atoms with E-state index in [0.29, 0.717) is 5.56 Å². The summed E-state index contributed by atoms with van der Waals surface area (Å²) in [7, 11) is 0. The predicted octanol–water partition coefficient (Wildman–Crippen LogP) is 3.65. The van der Waals surface area contributed by atoms with E-state index in [9.17, 15) is 13.6 Å². The average molecular weight is 248 g/mol. The molecule has 1 N–H and O–H groups in total. The minimum atomic E-state index is -2.92. The van der Waals surface area contributed by atoms with Gasteiger partial charge in [-0.3, -0.25) is 4.79 Å². The molecular formula is C11H14F2O2S. The van der Waals surface area contributed by atoms with Gasteiger partial charge in [-0.15, -0.1) is 11.3 Å². The summed E-state index contributed by atoms with van der Waals surface area (Å²) in [5.74, 6) is -4.49. The highest BCUT2D eigenvalue weighted by Crippen LogP contribution is 2.40. The van der Waals surface area contributed by atoms with E-state index < -0.39 is 24.2 Å². The molecule has 1 atom stereocenters. The van der Waals surface area contributed by atoms with Crippen LogP contribution in [0.3, 0.4) is 0 Å². The van der Waals surface area contributed by atoms with Gasteiger partial charge in [0.1, 0.15) is 0 Å². The topological polar surface area (TPSA) is 37.3 Å². The van der Waals surface area contributed by atoms with Gasteiger partial charge >= 0.3 is 5.97 Å². The third kappa shape index (κ3) is 3.27. The van der Waals surface area contributed by atoms with E-state index >= 15 is 0 Å². The normalized spacial score (nSPS) is 13.8. The highest BCUT2D eigenvalue weighted by Gasteiger charge is 2.36. The van der Waals surface area contributed by atoms with Gasteiger partial charge in [0.25, 0.3) is 5.92 Å². The first-order chi connectivity index (χ1) is 7.33. The van der Waals surface area contributed by atoms with Crippen LogP contribution in [0.1, 0.15) is 30.2 Å². The Morgan fingerprint density at radius 2 is 2.25 bits per heavy atom. The van der Waals surface area contributed by atoms with E-state index in [1.54, 1.807) is 18.4 Å². The van der Waals surface area contributed by atoms with Gasteiger partial charge in [-0.1, -0.05) is 6.92 Å². The number of hydrogen-bond acceptors (Lipinski definition) is 2. The predicted molar refractivity (Wildman–Crippen MR) is 59.0 cm³/mol. The summed E-state index contributed by atoms with van der Waals surface area (Å²) in [6.07, 6.45) is -0.638. The van der Waals surface area contributed by atoms with Crippen molar-refractivity contribution in [1.82, 2.24) is 0 Å². The summed E-state index contributed by atoms with van der Waals surface area (Å²) in [5.41, 5.74) is 0.567. The number of hydrogen-bond donors (Lipinski definition) is 1. The van der Waals surface area contributed by atoms with Gasteiger partial charge in [0, 0.05) is 12.8 Å². The Balaban J connectivity index is 2.72. The Labute approximate surface area is 96.9 Å². The molecule has 1 heterocycles. The molecule has 0 aromatic carbocycles. The molecule has 0 aliphatic heterocycles. The van der Waals surface area contributed by atoms with Gasteiger partial charge < -0.3 is 5.11 Å². The number of aryl methyl sites for hydroxylation is 1. The molecule has 1 aromatic rings. The molecule has 5 heteroatoms. The largest absolute Gasteiger partial charge is 0.481 e. The van der Waals surface area contributed by atoms with Crippen molar-refractivity contribution in [3.05, 3.63) is 21.9 Å². The SMILES string of the molecule is Cc1ccsc1C(F)(F)CC(C)CC(=O)O. The average Bonchev–Trinajstić information content (AvgIpc) is 2.48. The minimum absolute atomic E-state index is 0.0461. The summed E-state index contributed by atoms with van der Waals surface area (Å²) in [6, 6.07) is 1.65. The van der Waals surface area contributed by atoms with Crippen LogP contribution < -0.4 is 0 Å². The number of alkyl halides is 2. The lowest BCUT2D eigenvalue weighted by Gasteiger charge is -2.19. The van der Waals surface area contributed by atoms with Crippen molar-refractivity contribution in [2.24, 2.45) is 5.92 Å². The van der Waals surface area contributed by atoms with E-state index in [1.165, 1.54) is 6.92 Å². The molecule has 1 unspecified atom stereocenters. The fourth-order valence-corrected chi connectivity index (χ4v) is 2.57. The molecule has 0 saturated carbocycles. The van der Waals surface area contributed by atoms with Gasteiger partial charge in [-0.05, 0) is 29.9 Å². The van der Waals surface area contributed by atoms with E-state index in [1.807, 2.05) is 0 Å². The second-order valence-corrected chi connectivity index (χ2v) is 4.96. The maximum atomic E-state index is 13.8. The summed E-state index contributed by atoms with van der Waals surface area (Å²) >= 11 is 1.02. The zero-order valence-corrected chi connectivity index (χ0v) is 9.98. The van der Waals surface area contributed by atoms with Crippen molar-refractivity contribution in [3.63, 3.8) is 0 Å². The molecule has 0 saturated heterocycles. The van der Waals surface area contributed by atoms with Crippen molar-refractivity contribution in [2.75, 3.05) is 0 Å². The molecule has 16 heavy (non-hydrogen) atoms. The fourth-order valence-electron chi connectivity index (χ4n) is 1.65. The zero-order chi connectivity index (χ0) is 12.3. The number of rotatable bonds is 5. The third-order valence-corrected chi connectivity index (χ3v) is 3.45. The second kappa shape index (κ2) is 4.91. The highest BCUT2D eigenvalue weighted by atomic mass is 32.1. The summed E-state index contributed by atoms with van der Waals surface area (Å²) in [5, 5.41) is 10.1. The first kappa shape index (κ1) is 13.1. The molecule has 1 aromatic heterocycles. The molecule has 0 amide bonds. The van der Waals surface area contributed by atoms with Gasteiger partial charge in [-0.25, -0.2) is 8.78 Å². The van der Waals surface area contributed by atoms with Crippen LogP contribution in [0.5, 0.6) is 0 Å². The maximum Gasteiger partial charge on any atom is 0.303 e. The monoisotopic (exact) mass is 248 g/mol. The van der Waals surface area contributed by atoms with Crippen molar-refractivity contribution in [2.45, 2.75) is 32.6 Å². The van der Waals surface area contributed by atoms with Crippen LogP contribution in [0.25, 0.3) is 0 Å². The number of aliphatic carboxylic acids is 1. The van der Waals surface area contributed by atoms with E-state index in [-0.39, 0.29) is 11.3 Å². The van der Waals surface area contributed by atoms with Gasteiger partial charge in [0.15, 0.2) is 0 Å². The molecule has 90 valence electrons. The molecule has 1 rings (SSSR count). The zero-order valence-electron chi connectivity index (χ0n) is 9.17. The molecule has 0 aliphatic rings. The molecule has 0 spiro atoms. The number of carboxylic acid groups (broad SMARTS) is 1. The molecule has 0 aliphatic carbocycles. The van der Waals surface area contributed by atoms with Crippen molar-refractivity contribution >= 4 is 17.3 Å². The number of halogens is 2. The van der Waals surface area contributed by atoms with Gasteiger partial charge in [-0.2, -0.15) is 0 Å². The summed E-state index contributed by atoms with van der Waals surface area (Å²) in [4.78, 5) is 10.5. The first-order valence-corrected chi connectivity index (χ1v) is 5.85. The summed E-state index contributed by atoms with van der Waals surface area (Å²) in [6.45, 7) is 3.17. The minimum Gasteiger partial charge on any atom is -0.481 e. The van der Waals surface area contributed by atoms with E-state index in [0.717, 1.165) is 11.3 Å². The first-order valence-electron chi connectivity index (χ1n) is 4.97. The maximum absolute atomic E-state index is 13.8. The van der Waals surface area contributed by atoms with Crippen LogP contribution in [0.4, 0.5) is 8.78 Å². The Kier molecular flexibility index (Phi) is 4.02. The van der Waals surface area contributed by atoms with Crippen LogP contribution in [-0.2, 0) is 10.7 Å². The molecule has 0 radical (unpaired) electrons. The van der Waals surface area contributed by atoms with Gasteiger partial charge in [0.2, 0.25) is 0 Å². The third-order valence-electron chi connectivity index (χ3n) is 2.32. The number of carbonyl (C=O) groups is 1. The van der Waals surface area contributed by atoms with Crippen molar-refractivity contribution in [3.8, 4) is 0 Å². The quantitative estimate of drug-likeness (QED) is 0.863. The summed E-state index contributed by atoms with van der Waals surface area (Å²) < 4.78 is 27.5. The van der Waals surface area contributed by atoms with Crippen molar-refractivity contribution in [1.29, 1.82) is 0 Å². The van der Waals surface area contributed by atoms with E-state index in [4.69, 9.17) is 5.11 Å². The second-order valence-electron chi connectivity index (χ2n) is 4.04. The molecule has 0 fully saturated rings. The smallest absolute Gasteiger partial charge is 0.303 e. The van der Waals surface area contributed by atoms with Crippen LogP contribution in [-0.4, -0.2) is 11.1 Å². The Bertz CT molecular complexity index is 374. The molecular weight excluding hydrogens is 234 g/mol. The number of thiophene rings is 1. The number of carboxylic acids is 1. The van der Waals surface area contributed by atoms with Gasteiger partial charge in [0.05, 0.1) is 4.88 Å². The van der Waals surface area contributed by atoms with Crippen LogP contribution >= 0.6 is 11.3 Å². The lowest BCUT2D eigenvalue weighted by atomic mass is 9.97. The fraction of sp³-hybridized carbons (Fsp3) is 0.545. The van der Waals surface area contributed by atoms with Crippen LogP contribution in [0.2, 0.25) is 0 Å². The van der Waals surface area contributed by atoms with E-state index in [2.05, 4.69) is 0 Å². The lowest BCUT2D eigenvalue weighted by molar-refractivity contribution is -0.138. The molecule has 0 bridgehead atoms. The Morgan fingerprint density at radius 3 is 2.69 bits per heavy atom. The van der Waals surface area contributed by atoms with Crippen LogP contribution in [0, 0.1) is 12.8 Å². The lowest BCUT2D eigenvalue weighted by Crippen LogP contribution is -2.18. The standard InChI is InChI=1S/C11H14F2O2S/c1-7(5-9(14)15)6-11(12,13)10-8(2)3-4-16-10/h3-4,7H,5-6H2,1-2H3,(H,14,15).